The van der Waals surface area contributed by atoms with Gasteiger partial charge in [-0.2, -0.15) is 0 Å². The maximum Gasteiger partial charge on any atom is 0.264 e. The fourth-order valence-corrected chi connectivity index (χ4v) is 5.44. The molecular formula is C22H28ClN7O2. The summed E-state index contributed by atoms with van der Waals surface area (Å²) in [6.07, 6.45) is 3.59. The number of halogens is 1. The van der Waals surface area contributed by atoms with Gasteiger partial charge < -0.3 is 20.7 Å². The minimum absolute atomic E-state index is 0.0188. The fourth-order valence-electron chi connectivity index (χ4n) is 5.15. The van der Waals surface area contributed by atoms with Crippen LogP contribution in [0.3, 0.4) is 0 Å². The average molecular weight is 458 g/mol. The first kappa shape index (κ1) is 21.4. The van der Waals surface area contributed by atoms with E-state index in [1.165, 1.54) is 0 Å². The van der Waals surface area contributed by atoms with Crippen molar-refractivity contribution in [1.29, 1.82) is 0 Å². The normalized spacial score (nSPS) is 24.0. The quantitative estimate of drug-likeness (QED) is 0.719. The van der Waals surface area contributed by atoms with E-state index in [0.717, 1.165) is 25.9 Å². The molecule has 1 spiro atoms. The predicted molar refractivity (Wildman–Crippen MR) is 125 cm³/mol. The van der Waals surface area contributed by atoms with E-state index in [4.69, 9.17) is 27.1 Å². The van der Waals surface area contributed by atoms with Crippen LogP contribution in [-0.2, 0) is 18.3 Å². The smallest absolute Gasteiger partial charge is 0.264 e. The zero-order valence-corrected chi connectivity index (χ0v) is 19.3. The van der Waals surface area contributed by atoms with Gasteiger partial charge in [-0.05, 0) is 25.8 Å². The lowest BCUT2D eigenvalue weighted by molar-refractivity contribution is 0.0973. The van der Waals surface area contributed by atoms with Crippen LogP contribution in [0.5, 0.6) is 0 Å². The molecule has 170 valence electrons. The number of aromatic nitrogens is 3. The summed E-state index contributed by atoms with van der Waals surface area (Å²) in [4.78, 5) is 29.3. The Morgan fingerprint density at radius 2 is 2.09 bits per heavy atom. The number of hydrogen-bond donors (Lipinski definition) is 2. The average Bonchev–Trinajstić information content (AvgIpc) is 3.34. The van der Waals surface area contributed by atoms with Crippen molar-refractivity contribution in [2.45, 2.75) is 38.5 Å². The molecule has 9 nitrogen and oxygen atoms in total. The molecule has 3 N–H and O–H groups in total. The Kier molecular flexibility index (Phi) is 5.22. The third-order valence-corrected chi connectivity index (χ3v) is 7.62. The molecule has 0 aromatic carbocycles. The van der Waals surface area contributed by atoms with Crippen LogP contribution in [0.25, 0.3) is 0 Å². The number of rotatable bonds is 3. The van der Waals surface area contributed by atoms with E-state index < -0.39 is 0 Å². The van der Waals surface area contributed by atoms with Gasteiger partial charge in [-0.1, -0.05) is 11.6 Å². The lowest BCUT2D eigenvalue weighted by Gasteiger charge is -2.41. The van der Waals surface area contributed by atoms with Gasteiger partial charge >= 0.3 is 0 Å². The zero-order valence-electron chi connectivity index (χ0n) is 18.6. The Hall–Kier alpha value is -2.49. The van der Waals surface area contributed by atoms with Gasteiger partial charge in [-0.3, -0.25) is 14.4 Å². The molecule has 0 bridgehead atoms. The van der Waals surface area contributed by atoms with E-state index in [2.05, 4.69) is 20.2 Å². The Morgan fingerprint density at radius 1 is 1.34 bits per heavy atom. The van der Waals surface area contributed by atoms with Crippen molar-refractivity contribution < 1.29 is 4.74 Å². The van der Waals surface area contributed by atoms with Gasteiger partial charge in [0.1, 0.15) is 5.82 Å². The highest BCUT2D eigenvalue weighted by Gasteiger charge is 2.48. The standard InChI is InChI=1S/C22H28ClN7O2/c1-12-18(24)22(11-32-12)5-8-30(9-6-22)21-28-14-10-27-17(15(14)20(31)29(21)3)13-4-7-26-19(25-2)16(13)23/h4,7,12,18H,5-6,8-11,24H2,1-3H3,(H,25,26)/t12-,18+/m0/s1. The highest BCUT2D eigenvalue weighted by Crippen LogP contribution is 2.41. The van der Waals surface area contributed by atoms with E-state index >= 15 is 0 Å². The number of hydrogen-bond acceptors (Lipinski definition) is 8. The topological polar surface area (TPSA) is 111 Å². The SMILES string of the molecule is CNc1nccc(C2=NCc3nc(N4CCC5(CC4)CO[C@@H](C)[C@H]5N)n(C)c(=O)c32)c1Cl. The van der Waals surface area contributed by atoms with Gasteiger partial charge in [0, 0.05) is 50.4 Å². The first-order valence-corrected chi connectivity index (χ1v) is 11.3. The highest BCUT2D eigenvalue weighted by atomic mass is 35.5. The number of anilines is 2. The van der Waals surface area contributed by atoms with Crippen LogP contribution in [0.15, 0.2) is 22.1 Å². The van der Waals surface area contributed by atoms with Gasteiger partial charge in [0.2, 0.25) is 5.95 Å². The molecule has 10 heteroatoms. The fraction of sp³-hybridized carbons (Fsp3) is 0.545. The molecule has 2 aromatic rings. The number of nitrogens with two attached hydrogens (primary N) is 1. The number of piperidine rings is 1. The molecule has 5 rings (SSSR count). The Morgan fingerprint density at radius 3 is 2.75 bits per heavy atom. The molecule has 5 heterocycles. The molecule has 0 aliphatic carbocycles. The summed E-state index contributed by atoms with van der Waals surface area (Å²) < 4.78 is 7.46. The number of pyridine rings is 1. The number of nitrogens with one attached hydrogen (secondary N) is 1. The summed E-state index contributed by atoms with van der Waals surface area (Å²) >= 11 is 6.52. The Bertz CT molecular complexity index is 1150. The van der Waals surface area contributed by atoms with Crippen LogP contribution in [0.4, 0.5) is 11.8 Å². The zero-order chi connectivity index (χ0) is 22.6. The predicted octanol–water partition coefficient (Wildman–Crippen LogP) is 1.55. The monoisotopic (exact) mass is 457 g/mol. The van der Waals surface area contributed by atoms with Gasteiger partial charge in [0.05, 0.1) is 41.2 Å². The van der Waals surface area contributed by atoms with Crippen molar-refractivity contribution in [3.63, 3.8) is 0 Å². The second-order valence-corrected chi connectivity index (χ2v) is 9.30. The summed E-state index contributed by atoms with van der Waals surface area (Å²) in [6, 6.07) is 1.83. The highest BCUT2D eigenvalue weighted by molar-refractivity contribution is 6.37. The van der Waals surface area contributed by atoms with Crippen molar-refractivity contribution in [3.05, 3.63) is 44.5 Å². The Labute approximate surface area is 191 Å². The number of aliphatic imine (C=N–C) groups is 1. The van der Waals surface area contributed by atoms with Gasteiger partial charge in [-0.25, -0.2) is 9.97 Å². The molecule has 3 aliphatic rings. The Balaban J connectivity index is 1.45. The molecule has 2 aromatic heterocycles. The minimum atomic E-state index is -0.116. The molecule has 32 heavy (non-hydrogen) atoms. The summed E-state index contributed by atoms with van der Waals surface area (Å²) in [5.41, 5.74) is 8.81. The summed E-state index contributed by atoms with van der Waals surface area (Å²) in [7, 11) is 3.52. The second kappa shape index (κ2) is 7.83. The molecule has 3 aliphatic heterocycles. The maximum atomic E-state index is 13.4. The van der Waals surface area contributed by atoms with Crippen molar-refractivity contribution in [2.75, 3.05) is 37.0 Å². The molecular weight excluding hydrogens is 430 g/mol. The molecule has 2 fully saturated rings. The minimum Gasteiger partial charge on any atom is -0.376 e. The van der Waals surface area contributed by atoms with Crippen molar-refractivity contribution >= 4 is 29.1 Å². The third kappa shape index (κ3) is 3.14. The van der Waals surface area contributed by atoms with E-state index in [9.17, 15) is 4.79 Å². The molecule has 2 saturated heterocycles. The van der Waals surface area contributed by atoms with E-state index in [1.54, 1.807) is 30.9 Å². The third-order valence-electron chi connectivity index (χ3n) is 7.24. The molecule has 0 unspecified atom stereocenters. The maximum absolute atomic E-state index is 13.4. The lowest BCUT2D eigenvalue weighted by Crippen LogP contribution is -2.51. The van der Waals surface area contributed by atoms with Crippen molar-refractivity contribution in [3.8, 4) is 0 Å². The lowest BCUT2D eigenvalue weighted by atomic mass is 9.73. The number of nitrogens with zero attached hydrogens (tertiary/aromatic N) is 5. The van der Waals surface area contributed by atoms with E-state index in [-0.39, 0.29) is 23.1 Å². The van der Waals surface area contributed by atoms with Crippen molar-refractivity contribution in [1.82, 2.24) is 14.5 Å². The van der Waals surface area contributed by atoms with Crippen LogP contribution in [0.1, 0.15) is 36.6 Å². The van der Waals surface area contributed by atoms with E-state index in [0.29, 0.717) is 52.5 Å². The van der Waals surface area contributed by atoms with Gasteiger partial charge in [-0.15, -0.1) is 0 Å². The van der Waals surface area contributed by atoms with Crippen LogP contribution < -0.4 is 21.5 Å². The number of fused-ring (bicyclic) bond motifs is 1. The molecule has 0 saturated carbocycles. The largest absolute Gasteiger partial charge is 0.376 e. The summed E-state index contributed by atoms with van der Waals surface area (Å²) in [5.74, 6) is 1.23. The van der Waals surface area contributed by atoms with E-state index in [1.807, 2.05) is 6.92 Å². The second-order valence-electron chi connectivity index (χ2n) is 8.92. The summed E-state index contributed by atoms with van der Waals surface area (Å²) in [6.45, 7) is 4.69. The molecule has 0 amide bonds. The van der Waals surface area contributed by atoms with Crippen LogP contribution in [-0.4, -0.2) is 59.1 Å². The molecule has 2 atom stereocenters. The first-order chi connectivity index (χ1) is 15.4. The summed E-state index contributed by atoms with van der Waals surface area (Å²) in [5, 5.41) is 3.41. The number of ether oxygens (including phenoxy) is 1. The van der Waals surface area contributed by atoms with Crippen LogP contribution in [0, 0.1) is 5.41 Å². The molecule has 0 radical (unpaired) electrons. The van der Waals surface area contributed by atoms with Gasteiger partial charge in [0.15, 0.2) is 0 Å². The van der Waals surface area contributed by atoms with Gasteiger partial charge in [0.25, 0.3) is 5.56 Å². The van der Waals surface area contributed by atoms with Crippen molar-refractivity contribution in [2.24, 2.45) is 23.2 Å². The first-order valence-electron chi connectivity index (χ1n) is 11.0. The van der Waals surface area contributed by atoms with Crippen LogP contribution >= 0.6 is 11.6 Å². The van der Waals surface area contributed by atoms with Crippen LogP contribution in [0.2, 0.25) is 5.02 Å².